The third kappa shape index (κ3) is 3.46. The second kappa shape index (κ2) is 6.50. The molecule has 2 aromatic carbocycles. The molecule has 0 saturated carbocycles. The van der Waals surface area contributed by atoms with Gasteiger partial charge < -0.3 is 5.32 Å². The van der Waals surface area contributed by atoms with Gasteiger partial charge >= 0.3 is 0 Å². The average Bonchev–Trinajstić information content (AvgIpc) is 2.43. The van der Waals surface area contributed by atoms with Crippen LogP contribution in [0.3, 0.4) is 0 Å². The highest BCUT2D eigenvalue weighted by molar-refractivity contribution is 9.10. The average molecular weight is 401 g/mol. The van der Waals surface area contributed by atoms with Crippen molar-refractivity contribution in [1.82, 2.24) is 0 Å². The molecule has 0 unspecified atom stereocenters. The molecule has 0 spiro atoms. The van der Waals surface area contributed by atoms with Crippen molar-refractivity contribution in [3.8, 4) is 0 Å². The molecule has 2 rings (SSSR count). The summed E-state index contributed by atoms with van der Waals surface area (Å²) in [5.74, 6) is -0.998. The third-order valence-corrected chi connectivity index (χ3v) is 3.86. The summed E-state index contributed by atoms with van der Waals surface area (Å²) in [5.41, 5.74) is 1.70. The Morgan fingerprint density at radius 1 is 1.15 bits per heavy atom. The molecule has 0 aliphatic rings. The number of rotatable bonds is 3. The molecule has 0 atom stereocenters. The maximum Gasteiger partial charge on any atom is 0.258 e. The number of carbonyl (C=O) groups is 1. The van der Waals surface area contributed by atoms with Crippen molar-refractivity contribution in [2.75, 3.05) is 5.32 Å². The zero-order valence-electron chi connectivity index (χ0n) is 10.7. The first kappa shape index (κ1) is 15.2. The third-order valence-electron chi connectivity index (χ3n) is 2.87. The summed E-state index contributed by atoms with van der Waals surface area (Å²) in [5, 5.41) is 2.75. The molecule has 0 bridgehead atoms. The van der Waals surface area contributed by atoms with E-state index in [-0.39, 0.29) is 5.56 Å². The van der Waals surface area contributed by atoms with E-state index >= 15 is 0 Å². The van der Waals surface area contributed by atoms with Crippen LogP contribution in [0.5, 0.6) is 0 Å². The van der Waals surface area contributed by atoms with Crippen molar-refractivity contribution in [2.24, 2.45) is 0 Å². The second-order valence-corrected chi connectivity index (χ2v) is 6.06. The lowest BCUT2D eigenvalue weighted by Gasteiger charge is -2.11. The monoisotopic (exact) mass is 399 g/mol. The largest absolute Gasteiger partial charge is 0.322 e. The first-order chi connectivity index (χ1) is 9.51. The normalized spacial score (nSPS) is 10.4. The lowest BCUT2D eigenvalue weighted by atomic mass is 10.1. The van der Waals surface area contributed by atoms with Crippen LogP contribution in [0.25, 0.3) is 0 Å². The number of benzene rings is 2. The number of carbonyl (C=O) groups excluding carboxylic acids is 1. The summed E-state index contributed by atoms with van der Waals surface area (Å²) < 4.78 is 15.3. The fourth-order valence-electron chi connectivity index (χ4n) is 1.84. The summed E-state index contributed by atoms with van der Waals surface area (Å²) in [6.07, 6.45) is 0.774. The van der Waals surface area contributed by atoms with E-state index < -0.39 is 11.7 Å². The van der Waals surface area contributed by atoms with Crippen LogP contribution in [0.1, 0.15) is 22.8 Å². The molecule has 0 aliphatic heterocycles. The van der Waals surface area contributed by atoms with Crippen LogP contribution in [0.4, 0.5) is 10.1 Å². The highest BCUT2D eigenvalue weighted by atomic mass is 79.9. The molecular weight excluding hydrogens is 389 g/mol. The molecule has 1 amide bonds. The fraction of sp³-hybridized carbons (Fsp3) is 0.133. The summed E-state index contributed by atoms with van der Waals surface area (Å²) in [7, 11) is 0. The Morgan fingerprint density at radius 2 is 1.80 bits per heavy atom. The van der Waals surface area contributed by atoms with Gasteiger partial charge in [-0.15, -0.1) is 0 Å². The van der Waals surface area contributed by atoms with Gasteiger partial charge in [0.1, 0.15) is 5.82 Å². The molecule has 0 aliphatic carbocycles. The standard InChI is InChI=1S/C15H12Br2FNO/c1-2-9-7-10(16)4-6-14(9)19-15(20)12-8-11(17)3-5-13(12)18/h3-8H,2H2,1H3,(H,19,20). The Labute approximate surface area is 133 Å². The number of nitrogens with one attached hydrogen (secondary N) is 1. The maximum absolute atomic E-state index is 13.7. The van der Waals surface area contributed by atoms with Crippen LogP contribution in [0.2, 0.25) is 0 Å². The highest BCUT2D eigenvalue weighted by Crippen LogP contribution is 2.23. The Morgan fingerprint density at radius 3 is 2.50 bits per heavy atom. The van der Waals surface area contributed by atoms with Gasteiger partial charge in [0.05, 0.1) is 5.56 Å². The second-order valence-electron chi connectivity index (χ2n) is 4.23. The quantitative estimate of drug-likeness (QED) is 0.756. The molecule has 0 radical (unpaired) electrons. The molecule has 2 nitrogen and oxygen atoms in total. The van der Waals surface area contributed by atoms with Gasteiger partial charge in [-0.1, -0.05) is 38.8 Å². The van der Waals surface area contributed by atoms with E-state index in [1.807, 2.05) is 19.1 Å². The molecule has 0 heterocycles. The van der Waals surface area contributed by atoms with E-state index in [1.165, 1.54) is 12.1 Å². The summed E-state index contributed by atoms with van der Waals surface area (Å²) in [6.45, 7) is 2.00. The lowest BCUT2D eigenvalue weighted by molar-refractivity contribution is 0.102. The number of aryl methyl sites for hydroxylation is 1. The first-order valence-electron chi connectivity index (χ1n) is 6.06. The maximum atomic E-state index is 13.7. The minimum absolute atomic E-state index is 0.0179. The molecule has 20 heavy (non-hydrogen) atoms. The van der Waals surface area contributed by atoms with Gasteiger partial charge in [0.25, 0.3) is 5.91 Å². The van der Waals surface area contributed by atoms with Crippen LogP contribution >= 0.6 is 31.9 Å². The topological polar surface area (TPSA) is 29.1 Å². The molecule has 0 aromatic heterocycles. The Balaban J connectivity index is 2.30. The fourth-order valence-corrected chi connectivity index (χ4v) is 2.61. The van der Waals surface area contributed by atoms with Gasteiger partial charge in [-0.2, -0.15) is 0 Å². The Hall–Kier alpha value is -1.20. The molecule has 5 heteroatoms. The Bertz CT molecular complexity index is 658. The number of hydrogen-bond donors (Lipinski definition) is 1. The van der Waals surface area contributed by atoms with Crippen LogP contribution in [-0.2, 0) is 6.42 Å². The molecule has 1 N–H and O–H groups in total. The summed E-state index contributed by atoms with van der Waals surface area (Å²) in [4.78, 5) is 12.2. The zero-order chi connectivity index (χ0) is 14.7. The van der Waals surface area contributed by atoms with Crippen molar-refractivity contribution in [2.45, 2.75) is 13.3 Å². The van der Waals surface area contributed by atoms with E-state index in [0.29, 0.717) is 10.2 Å². The number of anilines is 1. The van der Waals surface area contributed by atoms with Gasteiger partial charge in [-0.05, 0) is 48.4 Å². The van der Waals surface area contributed by atoms with Crippen molar-refractivity contribution >= 4 is 43.5 Å². The predicted molar refractivity (Wildman–Crippen MR) is 85.6 cm³/mol. The Kier molecular flexibility index (Phi) is 4.94. The van der Waals surface area contributed by atoms with E-state index in [0.717, 1.165) is 16.5 Å². The summed E-state index contributed by atoms with van der Waals surface area (Å²) in [6, 6.07) is 9.87. The molecule has 2 aromatic rings. The van der Waals surface area contributed by atoms with Crippen molar-refractivity contribution in [1.29, 1.82) is 0 Å². The lowest BCUT2D eigenvalue weighted by Crippen LogP contribution is -2.15. The van der Waals surface area contributed by atoms with Crippen molar-refractivity contribution < 1.29 is 9.18 Å². The van der Waals surface area contributed by atoms with Gasteiger partial charge in [0, 0.05) is 14.6 Å². The summed E-state index contributed by atoms with van der Waals surface area (Å²) >= 11 is 6.63. The highest BCUT2D eigenvalue weighted by Gasteiger charge is 2.13. The van der Waals surface area contributed by atoms with Gasteiger partial charge in [-0.25, -0.2) is 4.39 Å². The molecule has 104 valence electrons. The minimum Gasteiger partial charge on any atom is -0.322 e. The smallest absolute Gasteiger partial charge is 0.258 e. The molecule has 0 saturated heterocycles. The molecule has 0 fully saturated rings. The predicted octanol–water partition coefficient (Wildman–Crippen LogP) is 5.17. The SMILES string of the molecule is CCc1cc(Br)ccc1NC(=O)c1cc(Br)ccc1F. The number of amides is 1. The number of hydrogen-bond acceptors (Lipinski definition) is 1. The minimum atomic E-state index is -0.541. The van der Waals surface area contributed by atoms with E-state index in [1.54, 1.807) is 12.1 Å². The molecular formula is C15H12Br2FNO. The van der Waals surface area contributed by atoms with Gasteiger partial charge in [0.15, 0.2) is 0 Å². The van der Waals surface area contributed by atoms with Crippen molar-refractivity contribution in [3.05, 3.63) is 62.3 Å². The van der Waals surface area contributed by atoms with Crippen LogP contribution in [0.15, 0.2) is 45.3 Å². The first-order valence-corrected chi connectivity index (χ1v) is 7.64. The zero-order valence-corrected chi connectivity index (χ0v) is 13.9. The van der Waals surface area contributed by atoms with Crippen molar-refractivity contribution in [3.63, 3.8) is 0 Å². The van der Waals surface area contributed by atoms with E-state index in [4.69, 9.17) is 0 Å². The van der Waals surface area contributed by atoms with E-state index in [2.05, 4.69) is 37.2 Å². The number of halogens is 3. The van der Waals surface area contributed by atoms with Crippen LogP contribution in [0, 0.1) is 5.82 Å². The van der Waals surface area contributed by atoms with Crippen LogP contribution < -0.4 is 5.32 Å². The van der Waals surface area contributed by atoms with Gasteiger partial charge in [0.2, 0.25) is 0 Å². The van der Waals surface area contributed by atoms with Crippen LogP contribution in [-0.4, -0.2) is 5.91 Å². The van der Waals surface area contributed by atoms with Gasteiger partial charge in [-0.3, -0.25) is 4.79 Å². The van der Waals surface area contributed by atoms with E-state index in [9.17, 15) is 9.18 Å².